The van der Waals surface area contributed by atoms with Crippen molar-refractivity contribution >= 4 is 18.0 Å². The van der Waals surface area contributed by atoms with Crippen LogP contribution < -0.4 is 5.73 Å². The predicted octanol–water partition coefficient (Wildman–Crippen LogP) is -4.90. The monoisotopic (exact) mass is 405 g/mol. The molecule has 1 rings (SSSR count). The van der Waals surface area contributed by atoms with Gasteiger partial charge in [-0.25, -0.2) is 4.99 Å². The van der Waals surface area contributed by atoms with Crippen LogP contribution in [0.3, 0.4) is 0 Å². The Labute approximate surface area is 162 Å². The number of nitrogens with two attached hydrogens (primary N) is 1. The maximum atomic E-state index is 12.8. The van der Waals surface area contributed by atoms with Crippen molar-refractivity contribution in [1.82, 2.24) is 4.90 Å². The Morgan fingerprint density at radius 2 is 1.71 bits per heavy atom. The highest BCUT2D eigenvalue weighted by molar-refractivity contribution is 6.00. The van der Waals surface area contributed by atoms with Crippen molar-refractivity contribution < 1.29 is 44.7 Å². The summed E-state index contributed by atoms with van der Waals surface area (Å²) in [6, 6.07) is -3.34. The Morgan fingerprint density at radius 1 is 1.14 bits per heavy atom. The first-order chi connectivity index (χ1) is 13.1. The number of quaternary nitrogens is 1. The maximum Gasteiger partial charge on any atom is 0.282 e. The molecule has 0 saturated carbocycles. The lowest BCUT2D eigenvalue weighted by atomic mass is 10.0. The van der Waals surface area contributed by atoms with Gasteiger partial charge in [-0.05, 0) is 0 Å². The number of hydrogen-bond acceptors (Lipinski definition) is 9. The van der Waals surface area contributed by atoms with Crippen molar-refractivity contribution in [2.24, 2.45) is 10.7 Å². The standard InChI is InChI=1S/C16H28N4O8/c1-19(10(5-21)13(25)7-23)16(28)9-4-20(2,11(3-18-9)15(17)27)12(6-22)14(26)8-24/h3-4,10-14,21-26H,5-8H2,1-2H3,(H-,17,27)/p+1. The number of nitrogens with zero attached hydrogens (tertiary/aromatic N) is 3. The summed E-state index contributed by atoms with van der Waals surface area (Å²) >= 11 is 0. The van der Waals surface area contributed by atoms with Crippen molar-refractivity contribution in [1.29, 1.82) is 0 Å². The Bertz CT molecular complexity index is 628. The van der Waals surface area contributed by atoms with Crippen LogP contribution in [0.2, 0.25) is 0 Å². The normalized spacial score (nSPS) is 26.1. The van der Waals surface area contributed by atoms with E-state index in [2.05, 4.69) is 4.99 Å². The smallest absolute Gasteiger partial charge is 0.282 e. The van der Waals surface area contributed by atoms with E-state index in [1.165, 1.54) is 20.3 Å². The van der Waals surface area contributed by atoms with Gasteiger partial charge >= 0.3 is 0 Å². The second-order valence-electron chi connectivity index (χ2n) is 6.78. The third kappa shape index (κ3) is 4.72. The fourth-order valence-electron chi connectivity index (χ4n) is 3.18. The van der Waals surface area contributed by atoms with E-state index in [0.717, 1.165) is 11.1 Å². The minimum Gasteiger partial charge on any atom is -0.394 e. The molecule has 6 unspecified atom stereocenters. The number of aliphatic hydroxyl groups excluding tert-OH is 6. The Morgan fingerprint density at radius 3 is 2.14 bits per heavy atom. The summed E-state index contributed by atoms with van der Waals surface area (Å²) in [5.41, 5.74) is 5.20. The molecule has 0 aromatic heterocycles. The SMILES string of the molecule is CN(C(=O)C1=C[N+](C)(C(CO)C(O)CO)C(C(N)=O)C=N1)C(CO)C(O)CO. The van der Waals surface area contributed by atoms with Gasteiger partial charge in [-0.3, -0.25) is 14.1 Å². The van der Waals surface area contributed by atoms with E-state index >= 15 is 0 Å². The lowest BCUT2D eigenvalue weighted by Gasteiger charge is -2.44. The molecule has 8 N–H and O–H groups in total. The Kier molecular flexibility index (Phi) is 8.63. The lowest BCUT2D eigenvalue weighted by Crippen LogP contribution is -2.66. The summed E-state index contributed by atoms with van der Waals surface area (Å²) in [7, 11) is 2.72. The van der Waals surface area contributed by atoms with Gasteiger partial charge in [-0.15, -0.1) is 0 Å². The summed E-state index contributed by atoms with van der Waals surface area (Å²) in [4.78, 5) is 29.5. The summed E-state index contributed by atoms with van der Waals surface area (Å²) < 4.78 is -0.529. The summed E-state index contributed by atoms with van der Waals surface area (Å²) in [5, 5.41) is 57.3. The molecular formula is C16H29N4O8+. The summed E-state index contributed by atoms with van der Waals surface area (Å²) in [6.07, 6.45) is -0.497. The van der Waals surface area contributed by atoms with E-state index in [0.29, 0.717) is 0 Å². The molecule has 0 saturated heterocycles. The number of aliphatic imine (C=N–C) groups is 1. The Balaban J connectivity index is 3.34. The van der Waals surface area contributed by atoms with Gasteiger partial charge in [0.15, 0.2) is 5.70 Å². The second-order valence-corrected chi connectivity index (χ2v) is 6.78. The quantitative estimate of drug-likeness (QED) is 0.175. The van der Waals surface area contributed by atoms with Gasteiger partial charge in [0.05, 0.1) is 51.8 Å². The van der Waals surface area contributed by atoms with Gasteiger partial charge in [-0.2, -0.15) is 0 Å². The van der Waals surface area contributed by atoms with Crippen LogP contribution in [-0.4, -0.2) is 129 Å². The molecule has 1 aliphatic heterocycles. The molecule has 0 aromatic rings. The van der Waals surface area contributed by atoms with Gasteiger partial charge in [0.25, 0.3) is 11.8 Å². The van der Waals surface area contributed by atoms with Crippen LogP contribution in [0.4, 0.5) is 0 Å². The predicted molar refractivity (Wildman–Crippen MR) is 96.4 cm³/mol. The molecule has 1 aliphatic rings. The van der Waals surface area contributed by atoms with Crippen molar-refractivity contribution in [2.45, 2.75) is 30.3 Å². The second kappa shape index (κ2) is 10.0. The number of carbonyl (C=O) groups excluding carboxylic acids is 2. The van der Waals surface area contributed by atoms with Crippen LogP contribution in [0.1, 0.15) is 0 Å². The highest BCUT2D eigenvalue weighted by atomic mass is 16.3. The number of rotatable bonds is 10. The first-order valence-corrected chi connectivity index (χ1v) is 8.57. The van der Waals surface area contributed by atoms with E-state index < -0.39 is 73.1 Å². The third-order valence-electron chi connectivity index (χ3n) is 5.03. The number of amides is 2. The van der Waals surface area contributed by atoms with E-state index in [1.54, 1.807) is 0 Å². The fraction of sp³-hybridized carbons (Fsp3) is 0.688. The van der Waals surface area contributed by atoms with E-state index in [-0.39, 0.29) is 5.70 Å². The minimum absolute atomic E-state index is 0.199. The molecule has 12 nitrogen and oxygen atoms in total. The van der Waals surface area contributed by atoms with Gasteiger partial charge in [0.1, 0.15) is 18.3 Å². The zero-order valence-electron chi connectivity index (χ0n) is 15.8. The van der Waals surface area contributed by atoms with E-state index in [9.17, 15) is 35.1 Å². The van der Waals surface area contributed by atoms with Crippen LogP contribution in [0, 0.1) is 0 Å². The lowest BCUT2D eigenvalue weighted by molar-refractivity contribution is -0.895. The first-order valence-electron chi connectivity index (χ1n) is 8.57. The van der Waals surface area contributed by atoms with Gasteiger partial charge < -0.3 is 41.3 Å². The van der Waals surface area contributed by atoms with Gasteiger partial charge in [0, 0.05) is 7.05 Å². The molecule has 0 fully saturated rings. The molecule has 1 heterocycles. The van der Waals surface area contributed by atoms with Crippen LogP contribution in [-0.2, 0) is 9.59 Å². The number of likely N-dealkylation sites (N-methyl/N-ethyl adjacent to an activating group) is 2. The third-order valence-corrected chi connectivity index (χ3v) is 5.03. The van der Waals surface area contributed by atoms with Crippen LogP contribution in [0.5, 0.6) is 0 Å². The summed E-state index contributed by atoms with van der Waals surface area (Å²) in [6.45, 7) is -2.64. The topological polar surface area (TPSA) is 197 Å². The van der Waals surface area contributed by atoms with E-state index in [4.69, 9.17) is 10.8 Å². The maximum absolute atomic E-state index is 12.8. The molecule has 0 aliphatic carbocycles. The highest BCUT2D eigenvalue weighted by Crippen LogP contribution is 2.26. The largest absolute Gasteiger partial charge is 0.394 e. The molecule has 28 heavy (non-hydrogen) atoms. The van der Waals surface area contributed by atoms with Crippen LogP contribution >= 0.6 is 0 Å². The van der Waals surface area contributed by atoms with Crippen LogP contribution in [0.15, 0.2) is 16.9 Å². The molecule has 160 valence electrons. The zero-order chi connectivity index (χ0) is 21.6. The number of aliphatic hydroxyl groups is 6. The molecule has 0 aromatic carbocycles. The number of hydrogen-bond donors (Lipinski definition) is 7. The fourth-order valence-corrected chi connectivity index (χ4v) is 3.18. The zero-order valence-corrected chi connectivity index (χ0v) is 15.8. The van der Waals surface area contributed by atoms with Crippen molar-refractivity contribution in [3.05, 3.63) is 11.9 Å². The average Bonchev–Trinajstić information content (AvgIpc) is 2.67. The molecule has 0 bridgehead atoms. The van der Waals surface area contributed by atoms with Crippen molar-refractivity contribution in [3.8, 4) is 0 Å². The molecule has 6 atom stereocenters. The molecule has 0 radical (unpaired) electrons. The molecule has 12 heteroatoms. The number of carbonyl (C=O) groups is 2. The van der Waals surface area contributed by atoms with Gasteiger partial charge in [-0.1, -0.05) is 0 Å². The van der Waals surface area contributed by atoms with Gasteiger partial charge in [0.2, 0.25) is 6.04 Å². The minimum atomic E-state index is -1.42. The number of primary amides is 1. The van der Waals surface area contributed by atoms with Crippen molar-refractivity contribution in [2.75, 3.05) is 40.5 Å². The average molecular weight is 405 g/mol. The molecule has 0 spiro atoms. The Hall–Kier alpha value is -1.93. The molecular weight excluding hydrogens is 376 g/mol. The summed E-state index contributed by atoms with van der Waals surface area (Å²) in [5.74, 6) is -1.57. The first kappa shape index (κ1) is 24.1. The highest BCUT2D eigenvalue weighted by Gasteiger charge is 2.47. The molecule has 2 amide bonds. The van der Waals surface area contributed by atoms with Crippen molar-refractivity contribution in [3.63, 3.8) is 0 Å². The van der Waals surface area contributed by atoms with E-state index in [1.807, 2.05) is 0 Å². The van der Waals surface area contributed by atoms with Crippen LogP contribution in [0.25, 0.3) is 0 Å².